The number of aromatic nitrogens is 3. The topological polar surface area (TPSA) is 71.8 Å². The van der Waals surface area contributed by atoms with Crippen LogP contribution in [0.4, 0.5) is 0 Å². The predicted molar refractivity (Wildman–Crippen MR) is 32.4 cm³/mol. The molecule has 10 heavy (non-hydrogen) atoms. The van der Waals surface area contributed by atoms with E-state index in [-0.39, 0.29) is 0 Å². The molecule has 0 aliphatic carbocycles. The molecule has 0 aliphatic heterocycles. The summed E-state index contributed by atoms with van der Waals surface area (Å²) in [7, 11) is 0. The first-order chi connectivity index (χ1) is 4.86. The average molecular weight is 137 g/mol. The zero-order valence-electron chi connectivity index (χ0n) is 4.87. The van der Waals surface area contributed by atoms with Crippen LogP contribution in [-0.4, -0.2) is 15.0 Å². The molecule has 0 bridgehead atoms. The molecule has 0 spiro atoms. The van der Waals surface area contributed by atoms with Gasteiger partial charge in [-0.25, -0.2) is 14.8 Å². The highest BCUT2D eigenvalue weighted by Gasteiger charge is 1.97. The molecule has 5 nitrogen and oxygen atoms in total. The Hall–Kier alpha value is -1.65. The van der Waals surface area contributed by atoms with Crippen LogP contribution in [0.25, 0.3) is 11.2 Å². The van der Waals surface area contributed by atoms with E-state index in [1.807, 2.05) is 0 Å². The smallest absolute Gasteiger partial charge is 0.404 e. The predicted octanol–water partition coefficient (Wildman–Crippen LogP) is -0.0889. The van der Waals surface area contributed by atoms with Crippen molar-refractivity contribution in [2.75, 3.05) is 0 Å². The van der Waals surface area contributed by atoms with Crippen LogP contribution in [0.3, 0.4) is 0 Å². The van der Waals surface area contributed by atoms with Crippen molar-refractivity contribution < 1.29 is 4.42 Å². The van der Waals surface area contributed by atoms with Crippen LogP contribution < -0.4 is 5.76 Å². The maximum atomic E-state index is 10.5. The zero-order chi connectivity index (χ0) is 6.97. The third-order valence-corrected chi connectivity index (χ3v) is 1.10. The molecule has 5 heteroatoms. The molecule has 0 radical (unpaired) electrons. The summed E-state index contributed by atoms with van der Waals surface area (Å²) in [5.74, 6) is -0.504. The Kier molecular flexibility index (Phi) is 0.858. The first kappa shape index (κ1) is 5.16. The van der Waals surface area contributed by atoms with Crippen LogP contribution in [0.5, 0.6) is 0 Å². The minimum Gasteiger partial charge on any atom is -0.404 e. The minimum atomic E-state index is -0.504. The van der Waals surface area contributed by atoms with E-state index in [1.165, 1.54) is 12.5 Å². The number of nitrogens with zero attached hydrogens (tertiary/aromatic N) is 2. The highest BCUT2D eigenvalue weighted by molar-refractivity contribution is 5.64. The van der Waals surface area contributed by atoms with Crippen molar-refractivity contribution in [3.63, 3.8) is 0 Å². The van der Waals surface area contributed by atoms with Crippen molar-refractivity contribution in [2.45, 2.75) is 0 Å². The summed E-state index contributed by atoms with van der Waals surface area (Å²) < 4.78 is 4.63. The summed E-state index contributed by atoms with van der Waals surface area (Å²) in [6, 6.07) is 0. The Morgan fingerprint density at radius 3 is 3.30 bits per heavy atom. The van der Waals surface area contributed by atoms with Gasteiger partial charge in [0, 0.05) is 0 Å². The SMILES string of the molecule is O=c1[nH]c2ncncc2o1. The second-order valence-corrected chi connectivity index (χ2v) is 1.75. The molecule has 1 N–H and O–H groups in total. The maximum Gasteiger partial charge on any atom is 0.418 e. The Morgan fingerprint density at radius 2 is 2.50 bits per heavy atom. The standard InChI is InChI=1S/C5H3N3O2/c9-5-8-4-3(10-5)1-6-2-7-4/h1-2H,(H,6,7,8,9). The molecule has 0 fully saturated rings. The lowest BCUT2D eigenvalue weighted by Crippen LogP contribution is -1.93. The van der Waals surface area contributed by atoms with E-state index >= 15 is 0 Å². The van der Waals surface area contributed by atoms with Gasteiger partial charge in [-0.1, -0.05) is 0 Å². The molecule has 0 amide bonds. The second kappa shape index (κ2) is 1.66. The molecule has 50 valence electrons. The lowest BCUT2D eigenvalue weighted by atomic mass is 10.6. The van der Waals surface area contributed by atoms with Crippen molar-refractivity contribution in [3.8, 4) is 0 Å². The summed E-state index contributed by atoms with van der Waals surface area (Å²) in [4.78, 5) is 20.3. The fourth-order valence-corrected chi connectivity index (χ4v) is 0.707. The molecule has 2 rings (SSSR count). The van der Waals surface area contributed by atoms with Crippen molar-refractivity contribution in [3.05, 3.63) is 23.1 Å². The number of oxazole rings is 1. The van der Waals surface area contributed by atoms with Gasteiger partial charge in [0.2, 0.25) is 0 Å². The Balaban J connectivity index is 3.01. The van der Waals surface area contributed by atoms with Gasteiger partial charge >= 0.3 is 5.76 Å². The zero-order valence-corrected chi connectivity index (χ0v) is 4.87. The number of nitrogens with one attached hydrogen (secondary N) is 1. The molecule has 0 saturated carbocycles. The van der Waals surface area contributed by atoms with E-state index in [9.17, 15) is 4.79 Å². The summed E-state index contributed by atoms with van der Waals surface area (Å²) >= 11 is 0. The first-order valence-electron chi connectivity index (χ1n) is 2.65. The fourth-order valence-electron chi connectivity index (χ4n) is 0.707. The number of hydrogen-bond acceptors (Lipinski definition) is 4. The van der Waals surface area contributed by atoms with E-state index in [4.69, 9.17) is 0 Å². The van der Waals surface area contributed by atoms with Gasteiger partial charge in [0.05, 0.1) is 6.20 Å². The molecule has 0 aromatic carbocycles. The van der Waals surface area contributed by atoms with Crippen LogP contribution in [0, 0.1) is 0 Å². The van der Waals surface area contributed by atoms with Gasteiger partial charge in [-0.05, 0) is 0 Å². The molecule has 0 saturated heterocycles. The monoisotopic (exact) mass is 137 g/mol. The summed E-state index contributed by atoms with van der Waals surface area (Å²) in [6.07, 6.45) is 2.77. The van der Waals surface area contributed by atoms with Gasteiger partial charge in [-0.2, -0.15) is 0 Å². The first-order valence-corrected chi connectivity index (χ1v) is 2.65. The minimum absolute atomic E-state index is 0.382. The van der Waals surface area contributed by atoms with Crippen molar-refractivity contribution >= 4 is 11.2 Å². The Labute approximate surface area is 54.7 Å². The van der Waals surface area contributed by atoms with Crippen LogP contribution in [0.1, 0.15) is 0 Å². The van der Waals surface area contributed by atoms with Gasteiger partial charge in [-0.3, -0.25) is 4.98 Å². The number of rotatable bonds is 0. The van der Waals surface area contributed by atoms with Crippen molar-refractivity contribution in [1.82, 2.24) is 15.0 Å². The Morgan fingerprint density at radius 1 is 1.60 bits per heavy atom. The second-order valence-electron chi connectivity index (χ2n) is 1.75. The number of fused-ring (bicyclic) bond motifs is 1. The highest BCUT2D eigenvalue weighted by Crippen LogP contribution is 2.00. The van der Waals surface area contributed by atoms with Gasteiger partial charge < -0.3 is 4.42 Å². The number of H-pyrrole nitrogens is 1. The van der Waals surface area contributed by atoms with Crippen molar-refractivity contribution in [1.29, 1.82) is 0 Å². The molecular weight excluding hydrogens is 134 g/mol. The fraction of sp³-hybridized carbons (Fsp3) is 0. The quantitative estimate of drug-likeness (QED) is 0.550. The van der Waals surface area contributed by atoms with Gasteiger partial charge in [-0.15, -0.1) is 0 Å². The summed E-state index contributed by atoms with van der Waals surface area (Å²) in [6.45, 7) is 0. The highest BCUT2D eigenvalue weighted by atomic mass is 16.4. The van der Waals surface area contributed by atoms with E-state index < -0.39 is 5.76 Å². The van der Waals surface area contributed by atoms with Gasteiger partial charge in [0.1, 0.15) is 6.33 Å². The molecular formula is C5H3N3O2. The molecule has 2 heterocycles. The maximum absolute atomic E-state index is 10.5. The lowest BCUT2D eigenvalue weighted by Gasteiger charge is -1.78. The van der Waals surface area contributed by atoms with E-state index in [0.717, 1.165) is 0 Å². The van der Waals surface area contributed by atoms with Gasteiger partial charge in [0.25, 0.3) is 0 Å². The van der Waals surface area contributed by atoms with Gasteiger partial charge in [0.15, 0.2) is 11.2 Å². The van der Waals surface area contributed by atoms with E-state index in [2.05, 4.69) is 19.4 Å². The van der Waals surface area contributed by atoms with Crippen molar-refractivity contribution in [2.24, 2.45) is 0 Å². The van der Waals surface area contributed by atoms with E-state index in [0.29, 0.717) is 11.2 Å². The van der Waals surface area contributed by atoms with Crippen LogP contribution in [0.2, 0.25) is 0 Å². The molecule has 0 unspecified atom stereocenters. The van der Waals surface area contributed by atoms with E-state index in [1.54, 1.807) is 0 Å². The molecule has 2 aromatic heterocycles. The summed E-state index contributed by atoms with van der Waals surface area (Å²) in [5.41, 5.74) is 0.813. The molecule has 0 atom stereocenters. The third kappa shape index (κ3) is 0.604. The van der Waals surface area contributed by atoms with Crippen LogP contribution in [-0.2, 0) is 0 Å². The molecule has 0 aliphatic rings. The Bertz CT molecular complexity index is 366. The number of aromatic amines is 1. The van der Waals surface area contributed by atoms with Crippen LogP contribution >= 0.6 is 0 Å². The largest absolute Gasteiger partial charge is 0.418 e. The third-order valence-electron chi connectivity index (χ3n) is 1.10. The summed E-state index contributed by atoms with van der Waals surface area (Å²) in [5, 5.41) is 0. The average Bonchev–Trinajstić information content (AvgIpc) is 2.27. The van der Waals surface area contributed by atoms with Crippen LogP contribution in [0.15, 0.2) is 21.7 Å². The number of hydrogen-bond donors (Lipinski definition) is 1. The lowest BCUT2D eigenvalue weighted by molar-refractivity contribution is 0.554. The molecule has 2 aromatic rings. The normalized spacial score (nSPS) is 10.4.